The van der Waals surface area contributed by atoms with Gasteiger partial charge in [-0.05, 0) is 56.0 Å². The molecule has 1 aromatic rings. The molecule has 3 unspecified atom stereocenters. The van der Waals surface area contributed by atoms with E-state index in [4.69, 9.17) is 4.74 Å². The number of nitrogens with one attached hydrogen (secondary N) is 1. The molecule has 0 spiro atoms. The lowest BCUT2D eigenvalue weighted by Gasteiger charge is -2.36. The van der Waals surface area contributed by atoms with E-state index >= 15 is 0 Å². The summed E-state index contributed by atoms with van der Waals surface area (Å²) in [6.45, 7) is 4.79. The molecule has 3 heteroatoms. The van der Waals surface area contributed by atoms with E-state index in [1.54, 1.807) is 7.11 Å². The minimum absolute atomic E-state index is 0.551. The highest BCUT2D eigenvalue weighted by atomic mass is 16.5. The van der Waals surface area contributed by atoms with Crippen molar-refractivity contribution in [3.8, 4) is 5.88 Å². The van der Waals surface area contributed by atoms with Crippen LogP contribution in [0.3, 0.4) is 0 Å². The fraction of sp³-hybridized carbons (Fsp3) is 0.706. The monoisotopic (exact) mass is 276 g/mol. The summed E-state index contributed by atoms with van der Waals surface area (Å²) in [7, 11) is 3.74. The number of pyridine rings is 1. The average Bonchev–Trinajstić information content (AvgIpc) is 2.44. The maximum absolute atomic E-state index is 5.12. The molecule has 3 atom stereocenters. The summed E-state index contributed by atoms with van der Waals surface area (Å²) in [5, 5.41) is 3.53. The Balaban J connectivity index is 2.00. The number of rotatable bonds is 5. The molecule has 3 nitrogen and oxygen atoms in total. The molecule has 0 amide bonds. The predicted molar refractivity (Wildman–Crippen MR) is 83.0 cm³/mol. The Morgan fingerprint density at radius 1 is 1.25 bits per heavy atom. The van der Waals surface area contributed by atoms with Gasteiger partial charge in [0.1, 0.15) is 0 Å². The van der Waals surface area contributed by atoms with Crippen molar-refractivity contribution in [1.29, 1.82) is 0 Å². The third-order valence-corrected chi connectivity index (χ3v) is 4.62. The molecule has 0 radical (unpaired) electrons. The predicted octanol–water partition coefficient (Wildman–Crippen LogP) is 3.29. The molecule has 0 aromatic carbocycles. The Bertz CT molecular complexity index is 394. The van der Waals surface area contributed by atoms with Crippen LogP contribution in [0, 0.1) is 17.8 Å². The van der Waals surface area contributed by atoms with E-state index < -0.39 is 0 Å². The maximum atomic E-state index is 5.12. The fourth-order valence-electron chi connectivity index (χ4n) is 3.75. The summed E-state index contributed by atoms with van der Waals surface area (Å²) in [6, 6.07) is 4.63. The van der Waals surface area contributed by atoms with Gasteiger partial charge in [0.2, 0.25) is 5.88 Å². The minimum atomic E-state index is 0.551. The van der Waals surface area contributed by atoms with E-state index in [2.05, 4.69) is 37.3 Å². The number of ether oxygens (including phenoxy) is 1. The molecule has 2 rings (SSSR count). The van der Waals surface area contributed by atoms with Gasteiger partial charge in [0, 0.05) is 18.3 Å². The van der Waals surface area contributed by atoms with Crippen LogP contribution in [0.4, 0.5) is 0 Å². The van der Waals surface area contributed by atoms with E-state index in [0.29, 0.717) is 11.9 Å². The molecular formula is C17H28N2O. The lowest BCUT2D eigenvalue weighted by Crippen LogP contribution is -2.39. The van der Waals surface area contributed by atoms with Crippen LogP contribution < -0.4 is 10.1 Å². The maximum Gasteiger partial charge on any atom is 0.212 e. The summed E-state index contributed by atoms with van der Waals surface area (Å²) in [5.74, 6) is 3.18. The van der Waals surface area contributed by atoms with Crippen molar-refractivity contribution in [3.63, 3.8) is 0 Å². The molecule has 1 aliphatic carbocycles. The topological polar surface area (TPSA) is 34.1 Å². The van der Waals surface area contributed by atoms with E-state index in [1.807, 2.05) is 12.3 Å². The van der Waals surface area contributed by atoms with Gasteiger partial charge < -0.3 is 10.1 Å². The van der Waals surface area contributed by atoms with Crippen molar-refractivity contribution in [2.24, 2.45) is 17.8 Å². The smallest absolute Gasteiger partial charge is 0.212 e. The molecule has 0 saturated heterocycles. The van der Waals surface area contributed by atoms with Crippen LogP contribution in [0.2, 0.25) is 0 Å². The van der Waals surface area contributed by atoms with Gasteiger partial charge in [0.25, 0.3) is 0 Å². The summed E-state index contributed by atoms with van der Waals surface area (Å²) in [6.07, 6.45) is 7.08. The molecule has 1 heterocycles. The normalized spacial score (nSPS) is 28.1. The first-order chi connectivity index (χ1) is 9.62. The van der Waals surface area contributed by atoms with E-state index in [9.17, 15) is 0 Å². The number of likely N-dealkylation sites (N-methyl/N-ethyl adjacent to an activating group) is 1. The molecular weight excluding hydrogens is 248 g/mol. The SMILES string of the molecule is CNC(Cc1ccc(OC)nc1)C1CC(C)CC(C)C1. The third-order valence-electron chi connectivity index (χ3n) is 4.62. The quantitative estimate of drug-likeness (QED) is 0.896. The van der Waals surface area contributed by atoms with Crippen LogP contribution in [-0.2, 0) is 6.42 Å². The molecule has 1 fully saturated rings. The Morgan fingerprint density at radius 2 is 1.95 bits per heavy atom. The minimum Gasteiger partial charge on any atom is -0.481 e. The molecule has 20 heavy (non-hydrogen) atoms. The van der Waals surface area contributed by atoms with Crippen molar-refractivity contribution in [3.05, 3.63) is 23.9 Å². The number of aromatic nitrogens is 1. The second-order valence-electron chi connectivity index (χ2n) is 6.49. The molecule has 0 bridgehead atoms. The lowest BCUT2D eigenvalue weighted by molar-refractivity contribution is 0.179. The van der Waals surface area contributed by atoms with Crippen molar-refractivity contribution in [2.45, 2.75) is 45.6 Å². The van der Waals surface area contributed by atoms with Gasteiger partial charge in [-0.2, -0.15) is 0 Å². The van der Waals surface area contributed by atoms with Gasteiger partial charge in [0.15, 0.2) is 0 Å². The van der Waals surface area contributed by atoms with Crippen LogP contribution >= 0.6 is 0 Å². The molecule has 1 aromatic heterocycles. The number of hydrogen-bond acceptors (Lipinski definition) is 3. The lowest BCUT2D eigenvalue weighted by atomic mass is 9.73. The van der Waals surface area contributed by atoms with Gasteiger partial charge in [-0.25, -0.2) is 4.98 Å². The number of nitrogens with zero attached hydrogens (tertiary/aromatic N) is 1. The van der Waals surface area contributed by atoms with E-state index in [1.165, 1.54) is 24.8 Å². The van der Waals surface area contributed by atoms with Crippen LogP contribution in [-0.4, -0.2) is 25.2 Å². The van der Waals surface area contributed by atoms with E-state index in [0.717, 1.165) is 24.2 Å². The molecule has 1 aliphatic rings. The van der Waals surface area contributed by atoms with Gasteiger partial charge >= 0.3 is 0 Å². The van der Waals surface area contributed by atoms with Crippen molar-refractivity contribution >= 4 is 0 Å². The first kappa shape index (κ1) is 15.3. The highest BCUT2D eigenvalue weighted by Gasteiger charge is 2.29. The summed E-state index contributed by atoms with van der Waals surface area (Å²) in [5.41, 5.74) is 1.29. The van der Waals surface area contributed by atoms with Gasteiger partial charge in [-0.1, -0.05) is 19.9 Å². The Morgan fingerprint density at radius 3 is 2.45 bits per heavy atom. The summed E-state index contributed by atoms with van der Waals surface area (Å²) < 4.78 is 5.12. The highest BCUT2D eigenvalue weighted by molar-refractivity contribution is 5.18. The van der Waals surface area contributed by atoms with Crippen LogP contribution in [0.15, 0.2) is 18.3 Å². The average molecular weight is 276 g/mol. The van der Waals surface area contributed by atoms with Gasteiger partial charge in [0.05, 0.1) is 7.11 Å². The molecule has 1 N–H and O–H groups in total. The first-order valence-electron chi connectivity index (χ1n) is 7.78. The Kier molecular flexibility index (Phi) is 5.41. The van der Waals surface area contributed by atoms with Crippen molar-refractivity contribution in [2.75, 3.05) is 14.2 Å². The standard InChI is InChI=1S/C17H28N2O/c1-12-7-13(2)9-15(8-12)16(18-3)10-14-5-6-17(20-4)19-11-14/h5-6,11-13,15-16,18H,7-10H2,1-4H3. The van der Waals surface area contributed by atoms with Crippen LogP contribution in [0.25, 0.3) is 0 Å². The number of hydrogen-bond donors (Lipinski definition) is 1. The highest BCUT2D eigenvalue weighted by Crippen LogP contribution is 2.35. The van der Waals surface area contributed by atoms with Gasteiger partial charge in [-0.3, -0.25) is 0 Å². The Labute approximate surface area is 123 Å². The second kappa shape index (κ2) is 7.07. The zero-order valence-electron chi connectivity index (χ0n) is 13.2. The Hall–Kier alpha value is -1.09. The van der Waals surface area contributed by atoms with Crippen LogP contribution in [0.1, 0.15) is 38.7 Å². The fourth-order valence-corrected chi connectivity index (χ4v) is 3.75. The largest absolute Gasteiger partial charge is 0.481 e. The molecule has 0 aliphatic heterocycles. The zero-order valence-corrected chi connectivity index (χ0v) is 13.2. The van der Waals surface area contributed by atoms with Crippen molar-refractivity contribution in [1.82, 2.24) is 10.3 Å². The molecule has 1 saturated carbocycles. The van der Waals surface area contributed by atoms with E-state index in [-0.39, 0.29) is 0 Å². The number of methoxy groups -OCH3 is 1. The summed E-state index contributed by atoms with van der Waals surface area (Å²) >= 11 is 0. The second-order valence-corrected chi connectivity index (χ2v) is 6.49. The van der Waals surface area contributed by atoms with Gasteiger partial charge in [-0.15, -0.1) is 0 Å². The first-order valence-corrected chi connectivity index (χ1v) is 7.78. The van der Waals surface area contributed by atoms with Crippen LogP contribution in [0.5, 0.6) is 5.88 Å². The third kappa shape index (κ3) is 3.95. The summed E-state index contributed by atoms with van der Waals surface area (Å²) in [4.78, 5) is 4.31. The van der Waals surface area contributed by atoms with Crippen molar-refractivity contribution < 1.29 is 4.74 Å². The zero-order chi connectivity index (χ0) is 14.5. The molecule has 112 valence electrons.